The van der Waals surface area contributed by atoms with Gasteiger partial charge in [-0.25, -0.2) is 4.39 Å². The average molecular weight is 326 g/mol. The number of thioether (sulfide) groups is 1. The molecule has 0 amide bonds. The minimum Gasteiger partial charge on any atom is -0.324 e. The van der Waals surface area contributed by atoms with Crippen LogP contribution in [0.1, 0.15) is 76.3 Å². The van der Waals surface area contributed by atoms with E-state index in [0.29, 0.717) is 0 Å². The summed E-state index contributed by atoms with van der Waals surface area (Å²) in [6.07, 6.45) is 12.0. The molecule has 0 spiro atoms. The van der Waals surface area contributed by atoms with Crippen LogP contribution in [0.25, 0.3) is 0 Å². The first-order valence-electron chi connectivity index (χ1n) is 8.83. The quantitative estimate of drug-likeness (QED) is 0.444. The first kappa shape index (κ1) is 19.5. The van der Waals surface area contributed by atoms with Crippen LogP contribution < -0.4 is 5.73 Å². The maximum Gasteiger partial charge on any atom is 0.123 e. The van der Waals surface area contributed by atoms with Crippen LogP contribution in [0.4, 0.5) is 4.39 Å². The predicted octanol–water partition coefficient (Wildman–Crippen LogP) is 6.09. The topological polar surface area (TPSA) is 26.0 Å². The third-order valence-electron chi connectivity index (χ3n) is 4.01. The zero-order valence-corrected chi connectivity index (χ0v) is 14.8. The summed E-state index contributed by atoms with van der Waals surface area (Å²) in [4.78, 5) is 0. The Bertz CT molecular complexity index is 366. The number of unbranched alkanes of at least 4 members (excludes halogenated alkanes) is 7. The van der Waals surface area contributed by atoms with Crippen LogP contribution in [-0.2, 0) is 0 Å². The molecule has 3 heteroatoms. The summed E-state index contributed by atoms with van der Waals surface area (Å²) >= 11 is 2.00. The molecule has 1 unspecified atom stereocenters. The second-order valence-electron chi connectivity index (χ2n) is 6.03. The van der Waals surface area contributed by atoms with E-state index >= 15 is 0 Å². The van der Waals surface area contributed by atoms with E-state index in [-0.39, 0.29) is 11.9 Å². The highest BCUT2D eigenvalue weighted by Gasteiger charge is 2.05. The van der Waals surface area contributed by atoms with E-state index in [1.807, 2.05) is 11.8 Å². The second kappa shape index (κ2) is 13.0. The molecule has 0 saturated carbocycles. The number of hydrogen-bond acceptors (Lipinski definition) is 2. The normalized spacial score (nSPS) is 12.5. The van der Waals surface area contributed by atoms with Gasteiger partial charge in [0.25, 0.3) is 0 Å². The lowest BCUT2D eigenvalue weighted by Crippen LogP contribution is -2.11. The number of nitrogens with two attached hydrogens (primary N) is 1. The summed E-state index contributed by atoms with van der Waals surface area (Å²) < 4.78 is 12.8. The molecule has 2 N–H and O–H groups in total. The standard InChI is InChI=1S/C19H32FNS/c1-2-3-4-5-6-7-8-9-15-22-16-14-19(21)17-10-12-18(20)13-11-17/h10-13,19H,2-9,14-16,21H2,1H3. The highest BCUT2D eigenvalue weighted by molar-refractivity contribution is 7.99. The van der Waals surface area contributed by atoms with Crippen LogP contribution in [0, 0.1) is 5.82 Å². The van der Waals surface area contributed by atoms with Crippen LogP contribution in [0.3, 0.4) is 0 Å². The fourth-order valence-corrected chi connectivity index (χ4v) is 3.56. The van der Waals surface area contributed by atoms with Crippen molar-refractivity contribution in [2.24, 2.45) is 5.73 Å². The highest BCUT2D eigenvalue weighted by atomic mass is 32.2. The van der Waals surface area contributed by atoms with Gasteiger partial charge in [0.2, 0.25) is 0 Å². The van der Waals surface area contributed by atoms with Crippen molar-refractivity contribution in [2.45, 2.75) is 70.8 Å². The lowest BCUT2D eigenvalue weighted by Gasteiger charge is -2.11. The molecule has 0 aromatic heterocycles. The molecule has 0 radical (unpaired) electrons. The Morgan fingerprint density at radius 3 is 2.14 bits per heavy atom. The highest BCUT2D eigenvalue weighted by Crippen LogP contribution is 2.18. The second-order valence-corrected chi connectivity index (χ2v) is 7.26. The SMILES string of the molecule is CCCCCCCCCCSCCC(N)c1ccc(F)cc1. The maximum absolute atomic E-state index is 12.8. The Balaban J connectivity index is 1.92. The van der Waals surface area contributed by atoms with Crippen molar-refractivity contribution in [3.63, 3.8) is 0 Å². The summed E-state index contributed by atoms with van der Waals surface area (Å²) in [6.45, 7) is 2.26. The molecular weight excluding hydrogens is 293 g/mol. The molecule has 0 aliphatic heterocycles. The van der Waals surface area contributed by atoms with Crippen molar-refractivity contribution in [3.05, 3.63) is 35.6 Å². The van der Waals surface area contributed by atoms with Gasteiger partial charge < -0.3 is 5.73 Å². The summed E-state index contributed by atoms with van der Waals surface area (Å²) in [5, 5.41) is 0. The fraction of sp³-hybridized carbons (Fsp3) is 0.684. The summed E-state index contributed by atoms with van der Waals surface area (Å²) in [5.41, 5.74) is 7.17. The van der Waals surface area contributed by atoms with Gasteiger partial charge in [-0.1, -0.05) is 64.0 Å². The zero-order valence-electron chi connectivity index (χ0n) is 14.0. The minimum absolute atomic E-state index is 0.0339. The Hall–Kier alpha value is -0.540. The lowest BCUT2D eigenvalue weighted by molar-refractivity contribution is 0.586. The zero-order chi connectivity index (χ0) is 16.0. The van der Waals surface area contributed by atoms with Gasteiger partial charge in [-0.2, -0.15) is 11.8 Å². The molecule has 126 valence electrons. The van der Waals surface area contributed by atoms with Crippen LogP contribution in [0.5, 0.6) is 0 Å². The van der Waals surface area contributed by atoms with Crippen molar-refractivity contribution >= 4 is 11.8 Å². The van der Waals surface area contributed by atoms with Crippen LogP contribution in [0.15, 0.2) is 24.3 Å². The smallest absolute Gasteiger partial charge is 0.123 e. The van der Waals surface area contributed by atoms with Crippen LogP contribution >= 0.6 is 11.8 Å². The number of benzene rings is 1. The van der Waals surface area contributed by atoms with E-state index in [1.54, 1.807) is 12.1 Å². The van der Waals surface area contributed by atoms with Gasteiger partial charge in [0.1, 0.15) is 5.82 Å². The average Bonchev–Trinajstić information content (AvgIpc) is 2.53. The van der Waals surface area contributed by atoms with Crippen molar-refractivity contribution in [1.82, 2.24) is 0 Å². The molecule has 1 rings (SSSR count). The molecule has 0 saturated heterocycles. The van der Waals surface area contributed by atoms with Crippen molar-refractivity contribution < 1.29 is 4.39 Å². The van der Waals surface area contributed by atoms with Gasteiger partial charge in [-0.3, -0.25) is 0 Å². The Morgan fingerprint density at radius 1 is 0.909 bits per heavy atom. The van der Waals surface area contributed by atoms with E-state index in [4.69, 9.17) is 5.73 Å². The lowest BCUT2D eigenvalue weighted by atomic mass is 10.1. The molecular formula is C19H32FNS. The summed E-state index contributed by atoms with van der Waals surface area (Å²) in [6, 6.07) is 6.60. The van der Waals surface area contributed by atoms with E-state index in [1.165, 1.54) is 69.3 Å². The molecule has 22 heavy (non-hydrogen) atoms. The number of hydrogen-bond donors (Lipinski definition) is 1. The third-order valence-corrected chi connectivity index (χ3v) is 5.12. The van der Waals surface area contributed by atoms with Crippen molar-refractivity contribution in [1.29, 1.82) is 0 Å². The Kier molecular flexibility index (Phi) is 11.5. The summed E-state index contributed by atoms with van der Waals surface area (Å²) in [7, 11) is 0. The van der Waals surface area contributed by atoms with Crippen LogP contribution in [0.2, 0.25) is 0 Å². The number of halogens is 1. The van der Waals surface area contributed by atoms with Crippen molar-refractivity contribution in [2.75, 3.05) is 11.5 Å². The molecule has 1 aromatic rings. The predicted molar refractivity (Wildman–Crippen MR) is 97.9 cm³/mol. The van der Waals surface area contributed by atoms with Gasteiger partial charge >= 0.3 is 0 Å². The molecule has 1 nitrogen and oxygen atoms in total. The maximum atomic E-state index is 12.8. The van der Waals surface area contributed by atoms with Crippen molar-refractivity contribution in [3.8, 4) is 0 Å². The fourth-order valence-electron chi connectivity index (χ4n) is 2.53. The summed E-state index contributed by atoms with van der Waals surface area (Å²) in [5.74, 6) is 2.14. The molecule has 0 bridgehead atoms. The van der Waals surface area contributed by atoms with E-state index in [9.17, 15) is 4.39 Å². The third kappa shape index (κ3) is 9.47. The first-order valence-corrected chi connectivity index (χ1v) is 9.98. The Morgan fingerprint density at radius 2 is 1.50 bits per heavy atom. The molecule has 1 atom stereocenters. The largest absolute Gasteiger partial charge is 0.324 e. The first-order chi connectivity index (χ1) is 10.7. The molecule has 0 aliphatic rings. The molecule has 1 aromatic carbocycles. The van der Waals surface area contributed by atoms with E-state index < -0.39 is 0 Å². The van der Waals surface area contributed by atoms with E-state index in [2.05, 4.69) is 6.92 Å². The molecule has 0 heterocycles. The monoisotopic (exact) mass is 325 g/mol. The van der Waals surface area contributed by atoms with Gasteiger partial charge in [-0.15, -0.1) is 0 Å². The number of rotatable bonds is 13. The Labute approximate surface area is 140 Å². The van der Waals surface area contributed by atoms with E-state index in [0.717, 1.165) is 17.7 Å². The van der Waals surface area contributed by atoms with Crippen LogP contribution in [-0.4, -0.2) is 11.5 Å². The molecule has 0 fully saturated rings. The van der Waals surface area contributed by atoms with Gasteiger partial charge in [0.15, 0.2) is 0 Å². The van der Waals surface area contributed by atoms with Gasteiger partial charge in [-0.05, 0) is 42.0 Å². The van der Waals surface area contributed by atoms with Gasteiger partial charge in [0, 0.05) is 6.04 Å². The minimum atomic E-state index is -0.194. The van der Waals surface area contributed by atoms with Gasteiger partial charge in [0.05, 0.1) is 0 Å². The molecule has 0 aliphatic carbocycles.